The molecule has 0 N–H and O–H groups in total. The number of aromatic nitrogens is 2. The summed E-state index contributed by atoms with van der Waals surface area (Å²) in [5, 5.41) is 9.94. The van der Waals surface area contributed by atoms with E-state index in [-0.39, 0.29) is 5.04 Å². The Morgan fingerprint density at radius 3 is 1.88 bits per heavy atom. The molecule has 1 aromatic heterocycles. The Hall–Kier alpha value is -1.43. The van der Waals surface area contributed by atoms with Gasteiger partial charge in [0.1, 0.15) is 5.69 Å². The van der Waals surface area contributed by atoms with Crippen molar-refractivity contribution in [2.24, 2.45) is 7.05 Å². The van der Waals surface area contributed by atoms with Crippen LogP contribution in [0.5, 0.6) is 0 Å². The minimum absolute atomic E-state index is 0.179. The quantitative estimate of drug-likeness (QED) is 0.491. The number of benzene rings is 2. The molecule has 2 nitrogen and oxygen atoms in total. The summed E-state index contributed by atoms with van der Waals surface area (Å²) in [6.45, 7) is 7.19. The molecule has 0 atom stereocenters. The van der Waals surface area contributed by atoms with Crippen LogP contribution < -0.4 is 14.4 Å². The van der Waals surface area contributed by atoms with Gasteiger partial charge >= 0.3 is 0 Å². The van der Waals surface area contributed by atoms with E-state index in [1.165, 1.54) is 16.1 Å². The summed E-state index contributed by atoms with van der Waals surface area (Å²) in [4.78, 5) is 0. The zero-order valence-electron chi connectivity index (χ0n) is 15.3. The fourth-order valence-corrected chi connectivity index (χ4v) is 12.9. The van der Waals surface area contributed by atoms with Gasteiger partial charge in [-0.15, -0.1) is 0 Å². The largest absolute Gasteiger partial charge is 0.183 e. The number of hydrogen-bond acceptors (Lipinski definition) is 3. The van der Waals surface area contributed by atoms with Crippen LogP contribution in [0.25, 0.3) is 0 Å². The number of hydrogen-bond donors (Lipinski definition) is 0. The zero-order chi connectivity index (χ0) is 17.9. The molecule has 0 bridgehead atoms. The second-order valence-electron chi connectivity index (χ2n) is 7.23. The average molecular weight is 386 g/mol. The van der Waals surface area contributed by atoms with Crippen LogP contribution >= 0.6 is 22.7 Å². The van der Waals surface area contributed by atoms with Gasteiger partial charge in [-0.25, -0.2) is 0 Å². The average Bonchev–Trinajstić information content (AvgIpc) is 3.02. The Bertz CT molecular complexity index is 771. The molecule has 0 aliphatic heterocycles. The molecule has 0 aliphatic carbocycles. The molecule has 2 aromatic carbocycles. The molecule has 0 spiro atoms. The highest BCUT2D eigenvalue weighted by Crippen LogP contribution is 2.44. The van der Waals surface area contributed by atoms with Crippen molar-refractivity contribution in [2.75, 3.05) is 0 Å². The topological polar surface area (TPSA) is 16.8 Å². The lowest BCUT2D eigenvalue weighted by Crippen LogP contribution is -2.61. The van der Waals surface area contributed by atoms with E-state index in [1.807, 2.05) is 11.1 Å². The van der Waals surface area contributed by atoms with Crippen molar-refractivity contribution < 1.29 is 4.07 Å². The van der Waals surface area contributed by atoms with Gasteiger partial charge in [-0.05, 0) is 19.5 Å². The predicted octanol–water partition coefficient (Wildman–Crippen LogP) is 3.76. The van der Waals surface area contributed by atoms with Crippen molar-refractivity contribution in [3.63, 3.8) is 0 Å². The van der Waals surface area contributed by atoms with Crippen LogP contribution in [0, 0.1) is 0 Å². The Labute approximate surface area is 159 Å². The molecular formula is C20H25N2S2Si+. The molecular weight excluding hydrogens is 360 g/mol. The third kappa shape index (κ3) is 3.73. The second-order valence-corrected chi connectivity index (χ2v) is 15.5. The van der Waals surface area contributed by atoms with E-state index in [0.29, 0.717) is 0 Å². The number of aryl methyl sites for hydroxylation is 1. The highest BCUT2D eigenvalue weighted by atomic mass is 32.4. The fourth-order valence-electron chi connectivity index (χ4n) is 3.37. The van der Waals surface area contributed by atoms with Crippen LogP contribution in [0.2, 0.25) is 5.04 Å². The van der Waals surface area contributed by atoms with Crippen molar-refractivity contribution in [3.05, 3.63) is 71.7 Å². The third-order valence-corrected chi connectivity index (χ3v) is 15.5. The van der Waals surface area contributed by atoms with Crippen LogP contribution in [0.1, 0.15) is 26.5 Å². The lowest BCUT2D eigenvalue weighted by Gasteiger charge is -2.43. The van der Waals surface area contributed by atoms with E-state index in [1.54, 1.807) is 11.5 Å². The molecule has 3 rings (SSSR count). The summed E-state index contributed by atoms with van der Waals surface area (Å²) in [7, 11) is -0.0492. The molecule has 0 saturated carbocycles. The van der Waals surface area contributed by atoms with E-state index in [9.17, 15) is 0 Å². The van der Waals surface area contributed by atoms with Crippen LogP contribution in [-0.2, 0) is 12.8 Å². The molecule has 5 heteroatoms. The molecule has 3 aromatic rings. The molecule has 0 saturated heterocycles. The predicted molar refractivity (Wildman–Crippen MR) is 112 cm³/mol. The highest BCUT2D eigenvalue weighted by Gasteiger charge is 2.48. The third-order valence-electron chi connectivity index (χ3n) is 4.46. The molecule has 130 valence electrons. The Balaban J connectivity index is 2.11. The maximum absolute atomic E-state index is 4.62. The van der Waals surface area contributed by atoms with E-state index in [2.05, 4.69) is 103 Å². The van der Waals surface area contributed by atoms with E-state index in [4.69, 9.17) is 0 Å². The molecule has 0 radical (unpaired) electrons. The molecule has 25 heavy (non-hydrogen) atoms. The Kier molecular flexibility index (Phi) is 5.46. The molecule has 1 heterocycles. The number of nitrogens with zero attached hydrogens (tertiary/aromatic N) is 2. The van der Waals surface area contributed by atoms with Gasteiger partial charge in [-0.3, -0.25) is 0 Å². The maximum Gasteiger partial charge on any atom is 0.183 e. The first-order valence-electron chi connectivity index (χ1n) is 8.50. The van der Waals surface area contributed by atoms with Crippen LogP contribution in [-0.4, -0.2) is 12.3 Å². The lowest BCUT2D eigenvalue weighted by molar-refractivity contribution is -0.663. The van der Waals surface area contributed by atoms with Crippen molar-refractivity contribution in [2.45, 2.75) is 31.6 Å². The highest BCUT2D eigenvalue weighted by molar-refractivity contribution is 8.31. The minimum Gasteiger partial charge on any atom is -0.167 e. The molecule has 0 unspecified atom stereocenters. The SMILES string of the molecule is C[n+]1nc(CS[Si](c2ccccc2)(c2ccccc2)C(C)(C)C)cs1. The number of rotatable bonds is 5. The van der Waals surface area contributed by atoms with Gasteiger partial charge in [0.05, 0.1) is 5.38 Å². The summed E-state index contributed by atoms with van der Waals surface area (Å²) in [6, 6.07) is 22.2. The van der Waals surface area contributed by atoms with E-state index < -0.39 is 7.22 Å². The van der Waals surface area contributed by atoms with Gasteiger partial charge < -0.3 is 0 Å². The smallest absolute Gasteiger partial charge is 0.167 e. The van der Waals surface area contributed by atoms with E-state index in [0.717, 1.165) is 5.75 Å². The summed E-state index contributed by atoms with van der Waals surface area (Å²) >= 11 is 3.78. The summed E-state index contributed by atoms with van der Waals surface area (Å²) < 4.78 is 1.93. The van der Waals surface area contributed by atoms with Crippen LogP contribution in [0.4, 0.5) is 0 Å². The van der Waals surface area contributed by atoms with Gasteiger partial charge in [-0.2, -0.15) is 11.2 Å². The van der Waals surface area contributed by atoms with Crippen molar-refractivity contribution in [1.29, 1.82) is 0 Å². The first kappa shape index (κ1) is 18.4. The van der Waals surface area contributed by atoms with Gasteiger partial charge in [0.2, 0.25) is 0 Å². The minimum atomic E-state index is -2.05. The Morgan fingerprint density at radius 1 is 0.960 bits per heavy atom. The zero-order valence-corrected chi connectivity index (χ0v) is 17.9. The Morgan fingerprint density at radius 2 is 1.48 bits per heavy atom. The molecule has 0 amide bonds. The normalized spacial score (nSPS) is 12.3. The lowest BCUT2D eigenvalue weighted by atomic mass is 10.2. The maximum atomic E-state index is 4.62. The van der Waals surface area contributed by atoms with Gasteiger partial charge in [0, 0.05) is 10.9 Å². The van der Waals surface area contributed by atoms with Crippen LogP contribution in [0.3, 0.4) is 0 Å². The standard InChI is InChI=1S/C20H25N2S2Si/c1-20(2,3)25(18-11-7-5-8-12-18,19-13-9-6-10-14-19)24-16-17-15-23-22(4)21-17/h5-15H,16H2,1-4H3/q+1. The van der Waals surface area contributed by atoms with Crippen molar-refractivity contribution in [1.82, 2.24) is 5.10 Å². The summed E-state index contributed by atoms with van der Waals surface area (Å²) in [5.74, 6) is 0.949. The van der Waals surface area contributed by atoms with Crippen LogP contribution in [0.15, 0.2) is 66.0 Å². The summed E-state index contributed by atoms with van der Waals surface area (Å²) in [6.07, 6.45) is 0. The van der Waals surface area contributed by atoms with E-state index >= 15 is 0 Å². The second kappa shape index (κ2) is 7.44. The van der Waals surface area contributed by atoms with Gasteiger partial charge in [0.25, 0.3) is 0 Å². The van der Waals surface area contributed by atoms with Gasteiger partial charge in [0.15, 0.2) is 25.8 Å². The summed E-state index contributed by atoms with van der Waals surface area (Å²) in [5.41, 5.74) is 1.17. The monoisotopic (exact) mass is 385 g/mol. The van der Waals surface area contributed by atoms with Crippen molar-refractivity contribution >= 4 is 40.3 Å². The first-order chi connectivity index (χ1) is 11.9. The molecule has 0 fully saturated rings. The molecule has 0 aliphatic rings. The van der Waals surface area contributed by atoms with Crippen molar-refractivity contribution in [3.8, 4) is 0 Å². The first-order valence-corrected chi connectivity index (χ1v) is 13.0. The van der Waals surface area contributed by atoms with Gasteiger partial charge in [-0.1, -0.05) is 81.4 Å². The fraction of sp³-hybridized carbons (Fsp3) is 0.300.